The average molecular weight is 336 g/mol. The minimum atomic E-state index is -0.574. The van der Waals surface area contributed by atoms with Gasteiger partial charge in [-0.25, -0.2) is 0 Å². The van der Waals surface area contributed by atoms with Crippen LogP contribution in [0.3, 0.4) is 0 Å². The molecule has 98 valence electrons. The van der Waals surface area contributed by atoms with Crippen LogP contribution in [0.5, 0.6) is 0 Å². The summed E-state index contributed by atoms with van der Waals surface area (Å²) in [5.41, 5.74) is -0.497. The van der Waals surface area contributed by atoms with Gasteiger partial charge >= 0.3 is 0 Å². The molecule has 1 N–H and O–H groups in total. The Morgan fingerprint density at radius 3 is 2.61 bits per heavy atom. The molecule has 0 aliphatic carbocycles. The van der Waals surface area contributed by atoms with Crippen LogP contribution in [0.2, 0.25) is 0 Å². The number of hydrogen-bond donors (Lipinski definition) is 1. The van der Waals surface area contributed by atoms with E-state index in [1.54, 1.807) is 13.8 Å². The summed E-state index contributed by atoms with van der Waals surface area (Å²) in [7, 11) is 0. The van der Waals surface area contributed by atoms with Crippen molar-refractivity contribution in [1.82, 2.24) is 5.32 Å². The van der Waals surface area contributed by atoms with Gasteiger partial charge in [-0.15, -0.1) is 11.6 Å². The number of non-ortho nitro benzene ring substituents is 1. The lowest BCUT2D eigenvalue weighted by Gasteiger charge is -2.23. The van der Waals surface area contributed by atoms with E-state index in [2.05, 4.69) is 21.2 Å². The van der Waals surface area contributed by atoms with Crippen molar-refractivity contribution in [3.8, 4) is 0 Å². The van der Waals surface area contributed by atoms with Gasteiger partial charge < -0.3 is 5.32 Å². The van der Waals surface area contributed by atoms with Crippen molar-refractivity contribution in [2.75, 3.05) is 5.88 Å². The van der Waals surface area contributed by atoms with Crippen LogP contribution in [0.15, 0.2) is 22.7 Å². The van der Waals surface area contributed by atoms with Crippen LogP contribution in [0.25, 0.3) is 0 Å². The second kappa shape index (κ2) is 5.67. The molecule has 0 saturated carbocycles. The third-order valence-corrected chi connectivity index (χ3v) is 3.27. The van der Waals surface area contributed by atoms with E-state index in [-0.39, 0.29) is 17.1 Å². The largest absolute Gasteiger partial charge is 0.346 e. The zero-order valence-corrected chi connectivity index (χ0v) is 12.2. The number of nitro benzene ring substituents is 1. The first kappa shape index (κ1) is 14.9. The number of nitro groups is 1. The molecular formula is C11H12BrClN2O3. The van der Waals surface area contributed by atoms with Crippen LogP contribution >= 0.6 is 27.5 Å². The summed E-state index contributed by atoms with van der Waals surface area (Å²) >= 11 is 8.84. The molecule has 1 amide bonds. The standard InChI is InChI=1S/C11H12BrClN2O3/c1-11(2,6-13)14-10(16)7-3-8(12)5-9(4-7)15(17)18/h3-5H,6H2,1-2H3,(H,14,16). The van der Waals surface area contributed by atoms with Crippen molar-refractivity contribution in [3.05, 3.63) is 38.3 Å². The zero-order valence-electron chi connectivity index (χ0n) is 9.87. The Morgan fingerprint density at radius 1 is 1.50 bits per heavy atom. The number of alkyl halides is 1. The minimum absolute atomic E-state index is 0.141. The number of amides is 1. The first-order chi connectivity index (χ1) is 8.25. The molecule has 0 atom stereocenters. The van der Waals surface area contributed by atoms with Crippen LogP contribution in [0.4, 0.5) is 5.69 Å². The molecule has 0 spiro atoms. The van der Waals surface area contributed by atoms with Crippen molar-refractivity contribution in [1.29, 1.82) is 0 Å². The summed E-state index contributed by atoms with van der Waals surface area (Å²) in [6.07, 6.45) is 0. The van der Waals surface area contributed by atoms with E-state index in [0.717, 1.165) is 0 Å². The van der Waals surface area contributed by atoms with Crippen LogP contribution in [-0.4, -0.2) is 22.2 Å². The highest BCUT2D eigenvalue weighted by Crippen LogP contribution is 2.21. The Labute approximate surface area is 118 Å². The molecule has 0 unspecified atom stereocenters. The highest BCUT2D eigenvalue weighted by atomic mass is 79.9. The summed E-state index contributed by atoms with van der Waals surface area (Å²) in [5.74, 6) is -0.153. The maximum absolute atomic E-state index is 11.9. The Morgan fingerprint density at radius 2 is 2.11 bits per heavy atom. The number of carbonyl (C=O) groups excluding carboxylic acids is 1. The van der Waals surface area contributed by atoms with Crippen molar-refractivity contribution >= 4 is 39.1 Å². The molecule has 1 aromatic carbocycles. The molecule has 0 radical (unpaired) electrons. The molecule has 5 nitrogen and oxygen atoms in total. The number of rotatable bonds is 4. The Bertz CT molecular complexity index is 491. The molecule has 0 heterocycles. The predicted molar refractivity (Wildman–Crippen MR) is 73.1 cm³/mol. The van der Waals surface area contributed by atoms with Crippen molar-refractivity contribution in [2.45, 2.75) is 19.4 Å². The van der Waals surface area contributed by atoms with Gasteiger partial charge in [0, 0.05) is 33.6 Å². The van der Waals surface area contributed by atoms with Gasteiger partial charge in [-0.05, 0) is 19.9 Å². The van der Waals surface area contributed by atoms with E-state index < -0.39 is 16.4 Å². The molecule has 0 aromatic heterocycles. The molecule has 7 heteroatoms. The molecule has 1 aromatic rings. The van der Waals surface area contributed by atoms with E-state index in [4.69, 9.17) is 11.6 Å². The lowest BCUT2D eigenvalue weighted by atomic mass is 10.1. The molecule has 0 aliphatic rings. The highest BCUT2D eigenvalue weighted by Gasteiger charge is 2.21. The van der Waals surface area contributed by atoms with Crippen LogP contribution in [0.1, 0.15) is 24.2 Å². The minimum Gasteiger partial charge on any atom is -0.346 e. The molecule has 1 rings (SSSR count). The maximum atomic E-state index is 11.9. The fraction of sp³-hybridized carbons (Fsp3) is 0.364. The normalized spacial score (nSPS) is 11.1. The van der Waals surface area contributed by atoms with E-state index in [1.165, 1.54) is 18.2 Å². The Hall–Kier alpha value is -1.14. The number of benzene rings is 1. The molecular weight excluding hydrogens is 323 g/mol. The summed E-state index contributed by atoms with van der Waals surface area (Å²) in [6, 6.07) is 4.08. The summed E-state index contributed by atoms with van der Waals surface area (Å²) in [5, 5.41) is 13.4. The van der Waals surface area contributed by atoms with E-state index in [1.807, 2.05) is 0 Å². The van der Waals surface area contributed by atoms with E-state index >= 15 is 0 Å². The van der Waals surface area contributed by atoms with Gasteiger partial charge in [-0.3, -0.25) is 14.9 Å². The van der Waals surface area contributed by atoms with Gasteiger partial charge in [0.25, 0.3) is 11.6 Å². The highest BCUT2D eigenvalue weighted by molar-refractivity contribution is 9.10. The lowest BCUT2D eigenvalue weighted by molar-refractivity contribution is -0.385. The first-order valence-electron chi connectivity index (χ1n) is 5.08. The number of nitrogens with one attached hydrogen (secondary N) is 1. The maximum Gasteiger partial charge on any atom is 0.271 e. The molecule has 0 saturated heterocycles. The summed E-state index contributed by atoms with van der Waals surface area (Å²) in [6.45, 7) is 3.54. The second-order valence-electron chi connectivity index (χ2n) is 4.43. The second-order valence-corrected chi connectivity index (χ2v) is 5.61. The number of nitrogens with zero attached hydrogens (tertiary/aromatic N) is 1. The van der Waals surface area contributed by atoms with Crippen molar-refractivity contribution in [2.24, 2.45) is 0 Å². The average Bonchev–Trinajstić information content (AvgIpc) is 2.27. The zero-order chi connectivity index (χ0) is 13.9. The van der Waals surface area contributed by atoms with Crippen molar-refractivity contribution < 1.29 is 9.72 Å². The van der Waals surface area contributed by atoms with Gasteiger partial charge in [0.15, 0.2) is 0 Å². The van der Waals surface area contributed by atoms with Gasteiger partial charge in [0.2, 0.25) is 0 Å². The lowest BCUT2D eigenvalue weighted by Crippen LogP contribution is -2.44. The van der Waals surface area contributed by atoms with Crippen LogP contribution in [-0.2, 0) is 0 Å². The Kier molecular flexibility index (Phi) is 4.70. The third kappa shape index (κ3) is 3.96. The Balaban J connectivity index is 3.03. The van der Waals surface area contributed by atoms with Crippen molar-refractivity contribution in [3.63, 3.8) is 0 Å². The third-order valence-electron chi connectivity index (χ3n) is 2.14. The molecule has 0 aliphatic heterocycles. The fourth-order valence-corrected chi connectivity index (χ4v) is 1.77. The van der Waals surface area contributed by atoms with E-state index in [0.29, 0.717) is 4.47 Å². The number of halogens is 2. The SMILES string of the molecule is CC(C)(CCl)NC(=O)c1cc(Br)cc([N+](=O)[O-])c1. The van der Waals surface area contributed by atoms with Crippen LogP contribution in [0, 0.1) is 10.1 Å². The number of carbonyl (C=O) groups is 1. The first-order valence-corrected chi connectivity index (χ1v) is 6.41. The van der Waals surface area contributed by atoms with Gasteiger partial charge in [0.1, 0.15) is 0 Å². The molecule has 18 heavy (non-hydrogen) atoms. The molecule has 0 fully saturated rings. The van der Waals surface area contributed by atoms with Gasteiger partial charge in [-0.2, -0.15) is 0 Å². The summed E-state index contributed by atoms with van der Waals surface area (Å²) in [4.78, 5) is 22.1. The molecule has 0 bridgehead atoms. The van der Waals surface area contributed by atoms with Crippen LogP contribution < -0.4 is 5.32 Å². The topological polar surface area (TPSA) is 72.2 Å². The number of hydrogen-bond acceptors (Lipinski definition) is 3. The van der Waals surface area contributed by atoms with E-state index in [9.17, 15) is 14.9 Å². The quantitative estimate of drug-likeness (QED) is 0.522. The monoisotopic (exact) mass is 334 g/mol. The summed E-state index contributed by atoms with van der Waals surface area (Å²) < 4.78 is 0.477. The smallest absolute Gasteiger partial charge is 0.271 e. The predicted octanol–water partition coefficient (Wildman–Crippen LogP) is 3.10. The fourth-order valence-electron chi connectivity index (χ4n) is 1.22. The van der Waals surface area contributed by atoms with Gasteiger partial charge in [-0.1, -0.05) is 15.9 Å². The van der Waals surface area contributed by atoms with Gasteiger partial charge in [0.05, 0.1) is 4.92 Å².